The fourth-order valence-corrected chi connectivity index (χ4v) is 2.85. The van der Waals surface area contributed by atoms with Gasteiger partial charge in [0, 0.05) is 12.6 Å². The normalized spacial score (nSPS) is 17.8. The molecule has 3 rings (SSSR count). The van der Waals surface area contributed by atoms with Crippen molar-refractivity contribution in [2.24, 2.45) is 0 Å². The van der Waals surface area contributed by atoms with Gasteiger partial charge in [0.25, 0.3) is 0 Å². The Balaban J connectivity index is 1.83. The van der Waals surface area contributed by atoms with Crippen LogP contribution in [-0.2, 0) is 0 Å². The summed E-state index contributed by atoms with van der Waals surface area (Å²) in [6.45, 7) is 3.16. The molecule has 0 radical (unpaired) electrons. The minimum atomic E-state index is 0.387. The number of anilines is 2. The van der Waals surface area contributed by atoms with Crippen LogP contribution in [0.15, 0.2) is 30.6 Å². The van der Waals surface area contributed by atoms with Crippen LogP contribution < -0.4 is 20.1 Å². The summed E-state index contributed by atoms with van der Waals surface area (Å²) in [6, 6.07) is 7.74. The first kappa shape index (κ1) is 15.4. The average molecular weight is 314 g/mol. The van der Waals surface area contributed by atoms with Crippen LogP contribution in [0.4, 0.5) is 11.5 Å². The Bertz CT molecular complexity index is 660. The molecule has 1 aliphatic rings. The van der Waals surface area contributed by atoms with Gasteiger partial charge in [-0.25, -0.2) is 4.98 Å². The average Bonchev–Trinajstić information content (AvgIpc) is 2.58. The van der Waals surface area contributed by atoms with Gasteiger partial charge in [0.1, 0.15) is 23.5 Å². The molecule has 1 aliphatic heterocycles. The van der Waals surface area contributed by atoms with E-state index in [1.165, 1.54) is 12.7 Å². The molecule has 1 saturated heterocycles. The lowest BCUT2D eigenvalue weighted by Crippen LogP contribution is -2.38. The van der Waals surface area contributed by atoms with Gasteiger partial charge in [-0.2, -0.15) is 4.98 Å². The first-order chi connectivity index (χ1) is 11.2. The molecule has 0 spiro atoms. The third-order valence-electron chi connectivity index (χ3n) is 4.18. The van der Waals surface area contributed by atoms with Crippen molar-refractivity contribution in [2.45, 2.75) is 32.2 Å². The molecule has 2 N–H and O–H groups in total. The van der Waals surface area contributed by atoms with Crippen LogP contribution in [-0.4, -0.2) is 29.7 Å². The van der Waals surface area contributed by atoms with Gasteiger partial charge in [0.2, 0.25) is 5.88 Å². The van der Waals surface area contributed by atoms with Crippen LogP contribution >= 0.6 is 0 Å². The molecule has 0 saturated carbocycles. The van der Waals surface area contributed by atoms with Crippen LogP contribution in [0.3, 0.4) is 0 Å². The Morgan fingerprint density at radius 2 is 1.87 bits per heavy atom. The van der Waals surface area contributed by atoms with Gasteiger partial charge >= 0.3 is 0 Å². The Hall–Kier alpha value is -2.50. The molecule has 1 aromatic heterocycles. The van der Waals surface area contributed by atoms with E-state index < -0.39 is 0 Å². The zero-order valence-electron chi connectivity index (χ0n) is 13.5. The second-order valence-electron chi connectivity index (χ2n) is 5.73. The SMILES string of the molecule is COc1ccc(Oc2ncnc(N3CCCCC3C)c2N)cc1. The number of hydrogen-bond donors (Lipinski definition) is 1. The molecule has 1 fully saturated rings. The van der Waals surface area contributed by atoms with Crippen molar-refractivity contribution in [1.82, 2.24) is 9.97 Å². The maximum atomic E-state index is 6.26. The number of nitrogens with zero attached hydrogens (tertiary/aromatic N) is 3. The molecule has 1 aromatic carbocycles. The summed E-state index contributed by atoms with van der Waals surface area (Å²) in [5.41, 5.74) is 6.75. The van der Waals surface area contributed by atoms with E-state index in [0.29, 0.717) is 23.4 Å². The predicted molar refractivity (Wildman–Crippen MR) is 90.2 cm³/mol. The molecule has 23 heavy (non-hydrogen) atoms. The van der Waals surface area contributed by atoms with E-state index in [-0.39, 0.29) is 0 Å². The summed E-state index contributed by atoms with van der Waals surface area (Å²) in [7, 11) is 1.63. The monoisotopic (exact) mass is 314 g/mol. The standard InChI is InChI=1S/C17H22N4O2/c1-12-5-3-4-10-21(12)16-15(18)17(20-11-19-16)23-14-8-6-13(22-2)7-9-14/h6-9,11-12H,3-5,10,18H2,1-2H3. The summed E-state index contributed by atoms with van der Waals surface area (Å²) >= 11 is 0. The molecule has 1 atom stereocenters. The number of ether oxygens (including phenoxy) is 2. The first-order valence-corrected chi connectivity index (χ1v) is 7.88. The summed E-state index contributed by atoms with van der Waals surface area (Å²) < 4.78 is 11.0. The number of benzene rings is 1. The topological polar surface area (TPSA) is 73.5 Å². The van der Waals surface area contributed by atoms with E-state index in [9.17, 15) is 0 Å². The smallest absolute Gasteiger partial charge is 0.248 e. The summed E-state index contributed by atoms with van der Waals surface area (Å²) in [4.78, 5) is 10.8. The van der Waals surface area contributed by atoms with Crippen molar-refractivity contribution in [1.29, 1.82) is 0 Å². The number of nitrogens with two attached hydrogens (primary N) is 1. The maximum Gasteiger partial charge on any atom is 0.248 e. The molecular weight excluding hydrogens is 292 g/mol. The molecule has 0 amide bonds. The van der Waals surface area contributed by atoms with E-state index in [2.05, 4.69) is 21.8 Å². The highest BCUT2D eigenvalue weighted by molar-refractivity contribution is 5.68. The van der Waals surface area contributed by atoms with Crippen molar-refractivity contribution in [3.8, 4) is 17.4 Å². The Labute approximate surface area is 136 Å². The van der Waals surface area contributed by atoms with Crippen molar-refractivity contribution >= 4 is 11.5 Å². The lowest BCUT2D eigenvalue weighted by atomic mass is 10.0. The predicted octanol–water partition coefficient (Wildman–Crippen LogP) is 3.24. The van der Waals surface area contributed by atoms with Gasteiger partial charge in [-0.1, -0.05) is 0 Å². The Kier molecular flexibility index (Phi) is 4.50. The maximum absolute atomic E-state index is 6.26. The van der Waals surface area contributed by atoms with Gasteiger partial charge in [0.15, 0.2) is 5.82 Å². The lowest BCUT2D eigenvalue weighted by Gasteiger charge is -2.35. The second kappa shape index (κ2) is 6.73. The van der Waals surface area contributed by atoms with Crippen molar-refractivity contribution in [2.75, 3.05) is 24.3 Å². The minimum absolute atomic E-state index is 0.387. The highest BCUT2D eigenvalue weighted by atomic mass is 16.5. The molecule has 0 bridgehead atoms. The van der Waals surface area contributed by atoms with Gasteiger partial charge in [-0.3, -0.25) is 0 Å². The lowest BCUT2D eigenvalue weighted by molar-refractivity contribution is 0.412. The van der Waals surface area contributed by atoms with Gasteiger partial charge in [-0.15, -0.1) is 0 Å². The molecule has 122 valence electrons. The van der Waals surface area contributed by atoms with Crippen molar-refractivity contribution < 1.29 is 9.47 Å². The Morgan fingerprint density at radius 1 is 1.13 bits per heavy atom. The minimum Gasteiger partial charge on any atom is -0.497 e. The quantitative estimate of drug-likeness (QED) is 0.934. The van der Waals surface area contributed by atoms with E-state index in [1.54, 1.807) is 7.11 Å². The third kappa shape index (κ3) is 3.31. The molecule has 6 heteroatoms. The molecule has 0 aliphatic carbocycles. The van der Waals surface area contributed by atoms with Gasteiger partial charge < -0.3 is 20.1 Å². The van der Waals surface area contributed by atoms with Gasteiger partial charge in [0.05, 0.1) is 7.11 Å². The van der Waals surface area contributed by atoms with E-state index in [4.69, 9.17) is 15.2 Å². The van der Waals surface area contributed by atoms with Crippen LogP contribution in [0.5, 0.6) is 17.4 Å². The number of hydrogen-bond acceptors (Lipinski definition) is 6. The van der Waals surface area contributed by atoms with Gasteiger partial charge in [-0.05, 0) is 50.5 Å². The third-order valence-corrected chi connectivity index (χ3v) is 4.18. The number of nitrogen functional groups attached to an aromatic ring is 1. The number of rotatable bonds is 4. The second-order valence-corrected chi connectivity index (χ2v) is 5.73. The van der Waals surface area contributed by atoms with Crippen LogP contribution in [0.1, 0.15) is 26.2 Å². The Morgan fingerprint density at radius 3 is 2.57 bits per heavy atom. The number of methoxy groups -OCH3 is 1. The van der Waals surface area contributed by atoms with Crippen LogP contribution in [0.25, 0.3) is 0 Å². The fraction of sp³-hybridized carbons (Fsp3) is 0.412. The van der Waals surface area contributed by atoms with E-state index in [0.717, 1.165) is 31.0 Å². The number of piperidine rings is 1. The summed E-state index contributed by atoms with van der Waals surface area (Å²) in [6.07, 6.45) is 5.06. The van der Waals surface area contributed by atoms with E-state index in [1.807, 2.05) is 24.3 Å². The van der Waals surface area contributed by atoms with Crippen LogP contribution in [0.2, 0.25) is 0 Å². The molecule has 6 nitrogen and oxygen atoms in total. The zero-order chi connectivity index (χ0) is 16.2. The van der Waals surface area contributed by atoms with Crippen molar-refractivity contribution in [3.63, 3.8) is 0 Å². The first-order valence-electron chi connectivity index (χ1n) is 7.88. The fourth-order valence-electron chi connectivity index (χ4n) is 2.85. The number of aromatic nitrogens is 2. The molecule has 2 aromatic rings. The highest BCUT2D eigenvalue weighted by Gasteiger charge is 2.23. The molecule has 2 heterocycles. The largest absolute Gasteiger partial charge is 0.497 e. The van der Waals surface area contributed by atoms with Crippen LogP contribution in [0, 0.1) is 0 Å². The van der Waals surface area contributed by atoms with E-state index >= 15 is 0 Å². The summed E-state index contributed by atoms with van der Waals surface area (Å²) in [5.74, 6) is 2.58. The summed E-state index contributed by atoms with van der Waals surface area (Å²) in [5, 5.41) is 0. The zero-order valence-corrected chi connectivity index (χ0v) is 13.5. The van der Waals surface area contributed by atoms with Crippen molar-refractivity contribution in [3.05, 3.63) is 30.6 Å². The molecular formula is C17H22N4O2. The highest BCUT2D eigenvalue weighted by Crippen LogP contribution is 2.34. The molecule has 1 unspecified atom stereocenters.